The van der Waals surface area contributed by atoms with E-state index in [1.165, 1.54) is 0 Å². The Morgan fingerprint density at radius 3 is 2.67 bits per heavy atom. The molecule has 1 heterocycles. The number of anilines is 1. The number of nitrogens with zero attached hydrogens (tertiary/aromatic N) is 2. The zero-order valence-corrected chi connectivity index (χ0v) is 12.2. The summed E-state index contributed by atoms with van der Waals surface area (Å²) in [6.07, 6.45) is -0.00665. The second kappa shape index (κ2) is 6.47. The maximum atomic E-state index is 13.5. The second-order valence-electron chi connectivity index (χ2n) is 4.93. The van der Waals surface area contributed by atoms with Crippen LogP contribution in [0.2, 0.25) is 0 Å². The third-order valence-electron chi connectivity index (χ3n) is 2.63. The summed E-state index contributed by atoms with van der Waals surface area (Å²) >= 11 is 0. The Kier molecular flexibility index (Phi) is 4.67. The van der Waals surface area contributed by atoms with E-state index in [0.29, 0.717) is 11.8 Å². The Morgan fingerprint density at radius 2 is 1.95 bits per heavy atom. The topological polar surface area (TPSA) is 47.0 Å². The van der Waals surface area contributed by atoms with Crippen molar-refractivity contribution in [1.82, 2.24) is 9.97 Å². The molecule has 0 saturated heterocycles. The molecule has 0 aliphatic heterocycles. The second-order valence-corrected chi connectivity index (χ2v) is 4.93. The van der Waals surface area contributed by atoms with Crippen molar-refractivity contribution in [3.63, 3.8) is 0 Å². The lowest BCUT2D eigenvalue weighted by Gasteiger charge is -2.11. The molecule has 0 radical (unpaired) electrons. The lowest BCUT2D eigenvalue weighted by atomic mass is 10.2. The Morgan fingerprint density at radius 1 is 1.19 bits per heavy atom. The minimum Gasteiger partial charge on any atom is -0.475 e. The summed E-state index contributed by atoms with van der Waals surface area (Å²) in [5.41, 5.74) is 0.939. The van der Waals surface area contributed by atoms with E-state index in [4.69, 9.17) is 4.74 Å². The van der Waals surface area contributed by atoms with Gasteiger partial charge in [0, 0.05) is 23.9 Å². The first-order chi connectivity index (χ1) is 9.94. The van der Waals surface area contributed by atoms with Crippen molar-refractivity contribution >= 4 is 5.95 Å². The summed E-state index contributed by atoms with van der Waals surface area (Å²) in [5, 5.41) is 2.87. The van der Waals surface area contributed by atoms with Crippen molar-refractivity contribution in [2.45, 2.75) is 33.4 Å². The highest BCUT2D eigenvalue weighted by atomic mass is 19.1. The zero-order valence-electron chi connectivity index (χ0n) is 12.2. The number of halogens is 2. The number of hydrogen-bond donors (Lipinski definition) is 1. The van der Waals surface area contributed by atoms with E-state index >= 15 is 0 Å². The van der Waals surface area contributed by atoms with Gasteiger partial charge in [0.2, 0.25) is 11.8 Å². The molecule has 0 fully saturated rings. The third kappa shape index (κ3) is 4.37. The minimum absolute atomic E-state index is 0.00665. The van der Waals surface area contributed by atoms with Crippen LogP contribution in [0.25, 0.3) is 0 Å². The lowest BCUT2D eigenvalue weighted by molar-refractivity contribution is 0.232. The molecular formula is C15H17F2N3O. The first kappa shape index (κ1) is 15.2. The van der Waals surface area contributed by atoms with Gasteiger partial charge in [-0.25, -0.2) is 13.8 Å². The summed E-state index contributed by atoms with van der Waals surface area (Å²) in [5.74, 6) is -0.202. The number of ether oxygens (including phenoxy) is 1. The maximum Gasteiger partial charge on any atom is 0.226 e. The average Bonchev–Trinajstić information content (AvgIpc) is 2.38. The number of rotatable bonds is 5. The molecule has 1 aromatic heterocycles. The molecule has 0 saturated carbocycles. The Balaban J connectivity index is 2.12. The first-order valence-electron chi connectivity index (χ1n) is 6.64. The van der Waals surface area contributed by atoms with E-state index in [1.54, 1.807) is 6.07 Å². The van der Waals surface area contributed by atoms with Gasteiger partial charge in [-0.1, -0.05) is 0 Å². The van der Waals surface area contributed by atoms with Crippen molar-refractivity contribution < 1.29 is 13.5 Å². The van der Waals surface area contributed by atoms with Gasteiger partial charge in [-0.05, 0) is 39.0 Å². The highest BCUT2D eigenvalue weighted by Crippen LogP contribution is 2.15. The van der Waals surface area contributed by atoms with Crippen LogP contribution in [-0.2, 0) is 6.54 Å². The van der Waals surface area contributed by atoms with Crippen molar-refractivity contribution in [1.29, 1.82) is 0 Å². The number of nitrogens with one attached hydrogen (secondary N) is 1. The predicted molar refractivity (Wildman–Crippen MR) is 76.2 cm³/mol. The molecule has 0 spiro atoms. The van der Waals surface area contributed by atoms with Crippen molar-refractivity contribution in [3.8, 4) is 5.88 Å². The van der Waals surface area contributed by atoms with Gasteiger partial charge in [0.15, 0.2) is 0 Å². The van der Waals surface area contributed by atoms with E-state index in [-0.39, 0.29) is 18.2 Å². The molecule has 1 aromatic carbocycles. The van der Waals surface area contributed by atoms with E-state index in [1.807, 2.05) is 20.8 Å². The van der Waals surface area contributed by atoms with Crippen molar-refractivity contribution in [2.75, 3.05) is 5.32 Å². The largest absolute Gasteiger partial charge is 0.475 e. The summed E-state index contributed by atoms with van der Waals surface area (Å²) in [7, 11) is 0. The van der Waals surface area contributed by atoms with Crippen LogP contribution in [0.1, 0.15) is 25.1 Å². The molecule has 0 aliphatic rings. The monoisotopic (exact) mass is 293 g/mol. The standard InChI is InChI=1S/C15H17F2N3O/c1-9(2)21-14-6-10(3)19-15(20-14)18-8-11-7-12(16)4-5-13(11)17/h4-7,9H,8H2,1-3H3,(H,18,19,20). The number of aromatic nitrogens is 2. The first-order valence-corrected chi connectivity index (χ1v) is 6.64. The van der Waals surface area contributed by atoms with Gasteiger partial charge in [0.1, 0.15) is 11.6 Å². The lowest BCUT2D eigenvalue weighted by Crippen LogP contribution is -2.10. The number of hydrogen-bond acceptors (Lipinski definition) is 4. The van der Waals surface area contributed by atoms with Gasteiger partial charge in [-0.2, -0.15) is 4.98 Å². The van der Waals surface area contributed by atoms with Gasteiger partial charge in [-0.15, -0.1) is 0 Å². The summed E-state index contributed by atoms with van der Waals surface area (Å²) in [6, 6.07) is 5.03. The van der Waals surface area contributed by atoms with Crippen LogP contribution >= 0.6 is 0 Å². The van der Waals surface area contributed by atoms with Crippen molar-refractivity contribution in [2.24, 2.45) is 0 Å². The quantitative estimate of drug-likeness (QED) is 0.917. The predicted octanol–water partition coefficient (Wildman–Crippen LogP) is 3.46. The average molecular weight is 293 g/mol. The summed E-state index contributed by atoms with van der Waals surface area (Å²) in [4.78, 5) is 8.37. The van der Waals surface area contributed by atoms with Crippen LogP contribution in [0.5, 0.6) is 5.88 Å². The molecule has 21 heavy (non-hydrogen) atoms. The van der Waals surface area contributed by atoms with Crippen LogP contribution in [0.3, 0.4) is 0 Å². The van der Waals surface area contributed by atoms with Gasteiger partial charge >= 0.3 is 0 Å². The number of benzene rings is 1. The molecule has 1 N–H and O–H groups in total. The fraction of sp³-hybridized carbons (Fsp3) is 0.333. The smallest absolute Gasteiger partial charge is 0.226 e. The van der Waals surface area contributed by atoms with E-state index in [2.05, 4.69) is 15.3 Å². The fourth-order valence-electron chi connectivity index (χ4n) is 1.77. The van der Waals surface area contributed by atoms with Crippen LogP contribution in [0.4, 0.5) is 14.7 Å². The summed E-state index contributed by atoms with van der Waals surface area (Å²) < 4.78 is 32.1. The molecule has 4 nitrogen and oxygen atoms in total. The van der Waals surface area contributed by atoms with E-state index < -0.39 is 11.6 Å². The van der Waals surface area contributed by atoms with Crippen LogP contribution < -0.4 is 10.1 Å². The van der Waals surface area contributed by atoms with E-state index in [0.717, 1.165) is 23.9 Å². The molecule has 0 bridgehead atoms. The molecule has 0 atom stereocenters. The molecule has 6 heteroatoms. The third-order valence-corrected chi connectivity index (χ3v) is 2.63. The summed E-state index contributed by atoms with van der Waals surface area (Å²) in [6.45, 7) is 5.69. The molecular weight excluding hydrogens is 276 g/mol. The molecule has 112 valence electrons. The van der Waals surface area contributed by atoms with Gasteiger partial charge < -0.3 is 10.1 Å². The fourth-order valence-corrected chi connectivity index (χ4v) is 1.77. The van der Waals surface area contributed by atoms with Crippen LogP contribution in [0.15, 0.2) is 24.3 Å². The zero-order chi connectivity index (χ0) is 15.4. The Hall–Kier alpha value is -2.24. The van der Waals surface area contributed by atoms with E-state index in [9.17, 15) is 8.78 Å². The normalized spacial score (nSPS) is 10.8. The van der Waals surface area contributed by atoms with Crippen LogP contribution in [-0.4, -0.2) is 16.1 Å². The highest BCUT2D eigenvalue weighted by Gasteiger charge is 2.07. The van der Waals surface area contributed by atoms with Crippen LogP contribution in [0, 0.1) is 18.6 Å². The molecule has 2 rings (SSSR count). The SMILES string of the molecule is Cc1cc(OC(C)C)nc(NCc2cc(F)ccc2F)n1. The van der Waals surface area contributed by atoms with Gasteiger partial charge in [0.05, 0.1) is 6.10 Å². The highest BCUT2D eigenvalue weighted by molar-refractivity contribution is 5.32. The maximum absolute atomic E-state index is 13.5. The Labute approximate surface area is 122 Å². The minimum atomic E-state index is -0.484. The molecule has 0 amide bonds. The number of aryl methyl sites for hydroxylation is 1. The molecule has 0 aliphatic carbocycles. The van der Waals surface area contributed by atoms with Gasteiger partial charge in [0.25, 0.3) is 0 Å². The Bertz CT molecular complexity index is 632. The van der Waals surface area contributed by atoms with Crippen molar-refractivity contribution in [3.05, 3.63) is 47.2 Å². The molecule has 0 unspecified atom stereocenters. The molecule has 2 aromatic rings. The van der Waals surface area contributed by atoms with Gasteiger partial charge in [-0.3, -0.25) is 0 Å².